The normalized spacial score (nSPS) is 12.2. The van der Waals surface area contributed by atoms with Gasteiger partial charge in [0.15, 0.2) is 5.69 Å². The maximum Gasteiger partial charge on any atom is 0.433 e. The van der Waals surface area contributed by atoms with Crippen molar-refractivity contribution in [3.8, 4) is 0 Å². The van der Waals surface area contributed by atoms with Crippen molar-refractivity contribution in [2.24, 2.45) is 0 Å². The van der Waals surface area contributed by atoms with Crippen LogP contribution in [0.3, 0.4) is 0 Å². The molecule has 0 saturated heterocycles. The maximum absolute atomic E-state index is 13.4. The number of hydrogen-bond acceptors (Lipinski definition) is 4. The van der Waals surface area contributed by atoms with Crippen molar-refractivity contribution in [1.29, 1.82) is 0 Å². The van der Waals surface area contributed by atoms with Crippen molar-refractivity contribution in [3.05, 3.63) is 41.1 Å². The average Bonchev–Trinajstić information content (AvgIpc) is 3.10. The number of furan rings is 1. The quantitative estimate of drug-likeness (QED) is 0.875. The van der Waals surface area contributed by atoms with Crippen LogP contribution in [-0.2, 0) is 18.3 Å². The molecule has 2 rings (SSSR count). The fourth-order valence-corrected chi connectivity index (χ4v) is 2.15. The summed E-state index contributed by atoms with van der Waals surface area (Å²) >= 11 is 0. The van der Waals surface area contributed by atoms with Gasteiger partial charge in [-0.1, -0.05) is 0 Å². The predicted octanol–water partition coefficient (Wildman–Crippen LogP) is 2.88. The highest BCUT2D eigenvalue weighted by atomic mass is 19.4. The van der Waals surface area contributed by atoms with Crippen LogP contribution in [0.2, 0.25) is 0 Å². The van der Waals surface area contributed by atoms with Crippen LogP contribution in [0.25, 0.3) is 0 Å². The molecule has 2 N–H and O–H groups in total. The van der Waals surface area contributed by atoms with E-state index in [0.717, 1.165) is 10.9 Å². The van der Waals surface area contributed by atoms with Gasteiger partial charge >= 0.3 is 12.1 Å². The Kier molecular flexibility index (Phi) is 4.65. The van der Waals surface area contributed by atoms with Crippen LogP contribution in [0.5, 0.6) is 0 Å². The third-order valence-electron chi connectivity index (χ3n) is 3.21. The number of aromatic carboxylic acids is 1. The van der Waals surface area contributed by atoms with E-state index in [4.69, 9.17) is 9.52 Å². The molecule has 0 aliphatic carbocycles. The first-order valence-corrected chi connectivity index (χ1v) is 7.17. The summed E-state index contributed by atoms with van der Waals surface area (Å²) in [5.74, 6) is -2.51. The maximum atomic E-state index is 13.4. The summed E-state index contributed by atoms with van der Waals surface area (Å²) in [5, 5.41) is 14.7. The number of carbonyl (C=O) groups is 2. The molecule has 25 heavy (non-hydrogen) atoms. The van der Waals surface area contributed by atoms with E-state index in [2.05, 4.69) is 10.4 Å². The third kappa shape index (κ3) is 4.01. The summed E-state index contributed by atoms with van der Waals surface area (Å²) in [5.41, 5.74) is -2.74. The summed E-state index contributed by atoms with van der Waals surface area (Å²) in [6.45, 7) is 4.34. The molecule has 7 nitrogen and oxygen atoms in total. The molecule has 0 unspecified atom stereocenters. The molecule has 0 spiro atoms. The van der Waals surface area contributed by atoms with Crippen molar-refractivity contribution < 1.29 is 32.3 Å². The first-order chi connectivity index (χ1) is 11.4. The van der Waals surface area contributed by atoms with Crippen LogP contribution >= 0.6 is 0 Å². The van der Waals surface area contributed by atoms with Gasteiger partial charge in [0.1, 0.15) is 5.76 Å². The second kappa shape index (κ2) is 6.26. The third-order valence-corrected chi connectivity index (χ3v) is 3.21. The molecule has 0 fully saturated rings. The van der Waals surface area contributed by atoms with Crippen LogP contribution < -0.4 is 5.32 Å². The Morgan fingerprint density at radius 2 is 1.92 bits per heavy atom. The number of alkyl halides is 3. The minimum Gasteiger partial charge on any atom is -0.475 e. The summed E-state index contributed by atoms with van der Waals surface area (Å²) < 4.78 is 45.8. The molecule has 0 radical (unpaired) electrons. The number of aromatic nitrogens is 2. The fourth-order valence-electron chi connectivity index (χ4n) is 2.15. The average molecular weight is 359 g/mol. The Morgan fingerprint density at radius 1 is 1.28 bits per heavy atom. The molecule has 136 valence electrons. The van der Waals surface area contributed by atoms with Crippen molar-refractivity contribution in [3.63, 3.8) is 0 Å². The number of nitrogens with one attached hydrogen (secondary N) is 1. The molecule has 2 aromatic rings. The van der Waals surface area contributed by atoms with E-state index in [1.165, 1.54) is 32.9 Å². The van der Waals surface area contributed by atoms with Crippen LogP contribution in [0, 0.1) is 0 Å². The molecule has 2 heterocycles. The Labute approximate surface area is 140 Å². The monoisotopic (exact) mass is 359 g/mol. The highest BCUT2D eigenvalue weighted by molar-refractivity contribution is 5.95. The van der Waals surface area contributed by atoms with Crippen molar-refractivity contribution in [2.45, 2.75) is 39.0 Å². The van der Waals surface area contributed by atoms with Gasteiger partial charge in [-0.05, 0) is 32.9 Å². The molecule has 0 aliphatic rings. The molecule has 1 amide bonds. The lowest BCUT2D eigenvalue weighted by Crippen LogP contribution is -2.31. The molecule has 0 aliphatic heterocycles. The number of hydrogen-bond donors (Lipinski definition) is 2. The van der Waals surface area contributed by atoms with Crippen molar-refractivity contribution >= 4 is 11.9 Å². The standard InChI is InChI=1S/C15H16F3N3O4/c1-14(2,3)21-11(15(16,17)18)9(7-20-21)12(22)19-6-8-4-5-10(25-8)13(23)24/h4-5,7H,6H2,1-3H3,(H,19,22)(H,23,24). The van der Waals surface area contributed by atoms with Gasteiger partial charge in [0.2, 0.25) is 5.76 Å². The Bertz CT molecular complexity index is 800. The highest BCUT2D eigenvalue weighted by Gasteiger charge is 2.42. The van der Waals surface area contributed by atoms with Crippen LogP contribution in [-0.4, -0.2) is 26.8 Å². The topological polar surface area (TPSA) is 97.4 Å². The van der Waals surface area contributed by atoms with E-state index in [9.17, 15) is 22.8 Å². The number of halogens is 3. The lowest BCUT2D eigenvalue weighted by molar-refractivity contribution is -0.146. The molecule has 0 bridgehead atoms. The number of nitrogens with zero attached hydrogens (tertiary/aromatic N) is 2. The predicted molar refractivity (Wildman–Crippen MR) is 79.1 cm³/mol. The summed E-state index contributed by atoms with van der Waals surface area (Å²) in [7, 11) is 0. The van der Waals surface area contributed by atoms with E-state index in [1.807, 2.05) is 0 Å². The molecule has 0 saturated carbocycles. The van der Waals surface area contributed by atoms with Crippen LogP contribution in [0.15, 0.2) is 22.7 Å². The first-order valence-electron chi connectivity index (χ1n) is 7.17. The van der Waals surface area contributed by atoms with Gasteiger partial charge in [-0.3, -0.25) is 9.48 Å². The number of carbonyl (C=O) groups excluding carboxylic acids is 1. The van der Waals surface area contributed by atoms with Gasteiger partial charge in [0, 0.05) is 0 Å². The number of rotatable bonds is 4. The minimum absolute atomic E-state index is 0.0996. The lowest BCUT2D eigenvalue weighted by Gasteiger charge is -2.23. The lowest BCUT2D eigenvalue weighted by atomic mass is 10.1. The van der Waals surface area contributed by atoms with E-state index < -0.39 is 34.8 Å². The molecule has 10 heteroatoms. The van der Waals surface area contributed by atoms with Crippen molar-refractivity contribution in [1.82, 2.24) is 15.1 Å². The second-order valence-electron chi connectivity index (χ2n) is 6.24. The number of carboxylic acids is 1. The summed E-state index contributed by atoms with van der Waals surface area (Å²) in [6.07, 6.45) is -3.91. The SMILES string of the molecule is CC(C)(C)n1ncc(C(=O)NCc2ccc(C(=O)O)o2)c1C(F)(F)F. The van der Waals surface area contributed by atoms with E-state index in [1.54, 1.807) is 0 Å². The Balaban J connectivity index is 2.24. The number of amides is 1. The van der Waals surface area contributed by atoms with Gasteiger partial charge < -0.3 is 14.8 Å². The zero-order chi connectivity index (χ0) is 19.0. The molecular weight excluding hydrogens is 343 g/mol. The summed E-state index contributed by atoms with van der Waals surface area (Å²) in [4.78, 5) is 22.9. The van der Waals surface area contributed by atoms with Crippen LogP contribution in [0.1, 0.15) is 53.1 Å². The molecule has 0 atom stereocenters. The highest BCUT2D eigenvalue weighted by Crippen LogP contribution is 2.34. The zero-order valence-corrected chi connectivity index (χ0v) is 13.6. The van der Waals surface area contributed by atoms with Gasteiger partial charge in [-0.15, -0.1) is 0 Å². The smallest absolute Gasteiger partial charge is 0.433 e. The van der Waals surface area contributed by atoms with Crippen LogP contribution in [0.4, 0.5) is 13.2 Å². The summed E-state index contributed by atoms with van der Waals surface area (Å²) in [6, 6.07) is 2.50. The fraction of sp³-hybridized carbons (Fsp3) is 0.400. The largest absolute Gasteiger partial charge is 0.475 e. The number of carboxylic acid groups (broad SMARTS) is 1. The van der Waals surface area contributed by atoms with Gasteiger partial charge in [0.25, 0.3) is 5.91 Å². The van der Waals surface area contributed by atoms with Crippen molar-refractivity contribution in [2.75, 3.05) is 0 Å². The minimum atomic E-state index is -4.77. The first kappa shape index (κ1) is 18.6. The van der Waals surface area contributed by atoms with Gasteiger partial charge in [-0.25, -0.2) is 4.79 Å². The molecule has 0 aromatic carbocycles. The second-order valence-corrected chi connectivity index (χ2v) is 6.24. The molecular formula is C15H16F3N3O4. The van der Waals surface area contributed by atoms with E-state index in [0.29, 0.717) is 0 Å². The van der Waals surface area contributed by atoms with Gasteiger partial charge in [-0.2, -0.15) is 18.3 Å². The van der Waals surface area contributed by atoms with E-state index >= 15 is 0 Å². The van der Waals surface area contributed by atoms with E-state index in [-0.39, 0.29) is 18.1 Å². The Hall–Kier alpha value is -2.78. The Morgan fingerprint density at radius 3 is 2.40 bits per heavy atom. The molecule has 2 aromatic heterocycles. The zero-order valence-electron chi connectivity index (χ0n) is 13.6. The van der Waals surface area contributed by atoms with Gasteiger partial charge in [0.05, 0.1) is 23.8 Å².